The van der Waals surface area contributed by atoms with Crippen LogP contribution in [0.1, 0.15) is 19.3 Å². The van der Waals surface area contributed by atoms with Crippen molar-refractivity contribution in [3.8, 4) is 0 Å². The lowest BCUT2D eigenvalue weighted by Gasteiger charge is -2.03. The number of allylic oxidation sites excluding steroid dienone is 1. The molecule has 0 aromatic carbocycles. The van der Waals surface area contributed by atoms with Crippen molar-refractivity contribution in [1.29, 1.82) is 0 Å². The number of carboxylic acid groups (broad SMARTS) is 1. The summed E-state index contributed by atoms with van der Waals surface area (Å²) in [5, 5.41) is 8.65. The quantitative estimate of drug-likeness (QED) is 0.686. The summed E-state index contributed by atoms with van der Waals surface area (Å²) in [5.74, 6) is -0.692. The van der Waals surface area contributed by atoms with Gasteiger partial charge >= 0.3 is 5.97 Å². The Kier molecular flexibility index (Phi) is 2.00. The van der Waals surface area contributed by atoms with Crippen molar-refractivity contribution in [2.24, 2.45) is 5.41 Å². The summed E-state index contributed by atoms with van der Waals surface area (Å²) in [5.41, 5.74) is 0.925. The number of halogens is 1. The fraction of sp³-hybridized carbons (Fsp3) is 0.571. The zero-order valence-electron chi connectivity index (χ0n) is 5.51. The standard InChI is InChI=1S/C7H9ClO2/c8-5-1-2-7(3-4-7)6(9)10/h1,5H,2-4H2,(H,9,10)/b5-1+. The summed E-state index contributed by atoms with van der Waals surface area (Å²) in [7, 11) is 0. The zero-order chi connectivity index (χ0) is 7.61. The molecular formula is C7H9ClO2. The Labute approximate surface area is 64.5 Å². The molecule has 1 saturated carbocycles. The first-order chi connectivity index (χ1) is 4.71. The van der Waals surface area contributed by atoms with E-state index in [9.17, 15) is 4.79 Å². The number of aliphatic carboxylic acids is 1. The van der Waals surface area contributed by atoms with Crippen LogP contribution >= 0.6 is 11.6 Å². The van der Waals surface area contributed by atoms with Crippen molar-refractivity contribution in [1.82, 2.24) is 0 Å². The highest BCUT2D eigenvalue weighted by atomic mass is 35.5. The van der Waals surface area contributed by atoms with E-state index < -0.39 is 11.4 Å². The summed E-state index contributed by atoms with van der Waals surface area (Å²) < 4.78 is 0. The molecule has 0 aliphatic heterocycles. The normalized spacial score (nSPS) is 21.3. The van der Waals surface area contributed by atoms with Crippen molar-refractivity contribution in [3.63, 3.8) is 0 Å². The summed E-state index contributed by atoms with van der Waals surface area (Å²) in [4.78, 5) is 10.5. The van der Waals surface area contributed by atoms with Crippen LogP contribution < -0.4 is 0 Å². The van der Waals surface area contributed by atoms with Gasteiger partial charge in [0.1, 0.15) is 0 Å². The lowest BCUT2D eigenvalue weighted by Crippen LogP contribution is -2.13. The fourth-order valence-electron chi connectivity index (χ4n) is 0.926. The molecule has 0 heterocycles. The monoisotopic (exact) mass is 160 g/mol. The van der Waals surface area contributed by atoms with Crippen molar-refractivity contribution in [3.05, 3.63) is 11.6 Å². The van der Waals surface area contributed by atoms with Crippen LogP contribution in [0, 0.1) is 5.41 Å². The Morgan fingerprint density at radius 1 is 1.70 bits per heavy atom. The Hall–Kier alpha value is -0.500. The zero-order valence-corrected chi connectivity index (χ0v) is 6.27. The van der Waals surface area contributed by atoms with Crippen LogP contribution in [-0.2, 0) is 4.79 Å². The maximum atomic E-state index is 10.5. The molecule has 2 nitrogen and oxygen atoms in total. The van der Waals surface area contributed by atoms with Gasteiger partial charge in [-0.2, -0.15) is 0 Å². The molecule has 1 rings (SSSR count). The first kappa shape index (κ1) is 7.61. The average Bonchev–Trinajstić information content (AvgIpc) is 2.64. The molecule has 0 amide bonds. The predicted octanol–water partition coefficient (Wildman–Crippen LogP) is 1.99. The average molecular weight is 161 g/mol. The van der Waals surface area contributed by atoms with E-state index in [2.05, 4.69) is 0 Å². The van der Waals surface area contributed by atoms with E-state index in [0.29, 0.717) is 6.42 Å². The van der Waals surface area contributed by atoms with Crippen LogP contribution in [0.5, 0.6) is 0 Å². The summed E-state index contributed by atoms with van der Waals surface area (Å²) in [6.07, 6.45) is 3.86. The number of rotatable bonds is 3. The molecule has 1 aliphatic carbocycles. The highest BCUT2D eigenvalue weighted by Crippen LogP contribution is 2.49. The highest BCUT2D eigenvalue weighted by molar-refractivity contribution is 6.25. The second kappa shape index (κ2) is 2.62. The van der Waals surface area contributed by atoms with Crippen molar-refractivity contribution in [2.75, 3.05) is 0 Å². The third kappa shape index (κ3) is 1.32. The van der Waals surface area contributed by atoms with Crippen molar-refractivity contribution < 1.29 is 9.90 Å². The van der Waals surface area contributed by atoms with E-state index in [1.54, 1.807) is 6.08 Å². The Morgan fingerprint density at radius 3 is 2.60 bits per heavy atom. The molecule has 3 heteroatoms. The summed E-state index contributed by atoms with van der Waals surface area (Å²) in [6, 6.07) is 0. The molecule has 1 aliphatic rings. The van der Waals surface area contributed by atoms with Gasteiger partial charge in [0.25, 0.3) is 0 Å². The molecule has 0 atom stereocenters. The number of carbonyl (C=O) groups is 1. The first-order valence-electron chi connectivity index (χ1n) is 3.20. The molecule has 0 aromatic rings. The van der Waals surface area contributed by atoms with Crippen LogP contribution in [0.2, 0.25) is 0 Å². The Bertz CT molecular complexity index is 170. The van der Waals surface area contributed by atoms with Gasteiger partial charge in [-0.25, -0.2) is 0 Å². The summed E-state index contributed by atoms with van der Waals surface area (Å²) >= 11 is 5.27. The lowest BCUT2D eigenvalue weighted by molar-refractivity contribution is -0.143. The molecular weight excluding hydrogens is 152 g/mol. The van der Waals surface area contributed by atoms with Gasteiger partial charge in [0.15, 0.2) is 0 Å². The van der Waals surface area contributed by atoms with Crippen molar-refractivity contribution in [2.45, 2.75) is 19.3 Å². The van der Waals surface area contributed by atoms with Crippen molar-refractivity contribution >= 4 is 17.6 Å². The third-order valence-corrected chi connectivity index (χ3v) is 2.08. The summed E-state index contributed by atoms with van der Waals surface area (Å²) in [6.45, 7) is 0. The minimum absolute atomic E-state index is 0.453. The topological polar surface area (TPSA) is 37.3 Å². The molecule has 1 N–H and O–H groups in total. The molecule has 0 bridgehead atoms. The van der Waals surface area contributed by atoms with Crippen LogP contribution in [-0.4, -0.2) is 11.1 Å². The fourth-order valence-corrected chi connectivity index (χ4v) is 1.02. The van der Waals surface area contributed by atoms with Crippen LogP contribution in [0.15, 0.2) is 11.6 Å². The Morgan fingerprint density at radius 2 is 2.30 bits per heavy atom. The second-order valence-corrected chi connectivity index (χ2v) is 2.90. The SMILES string of the molecule is O=C(O)C1(C/C=C/Cl)CC1. The van der Waals surface area contributed by atoms with Crippen LogP contribution in [0.4, 0.5) is 0 Å². The molecule has 56 valence electrons. The van der Waals surface area contributed by atoms with E-state index in [1.165, 1.54) is 5.54 Å². The van der Waals surface area contributed by atoms with Gasteiger partial charge in [0.2, 0.25) is 0 Å². The van der Waals surface area contributed by atoms with Crippen LogP contribution in [0.3, 0.4) is 0 Å². The maximum Gasteiger partial charge on any atom is 0.309 e. The highest BCUT2D eigenvalue weighted by Gasteiger charge is 2.48. The largest absolute Gasteiger partial charge is 0.481 e. The molecule has 0 radical (unpaired) electrons. The number of carboxylic acids is 1. The van der Waals surface area contributed by atoms with Gasteiger partial charge in [-0.15, -0.1) is 0 Å². The second-order valence-electron chi connectivity index (χ2n) is 2.65. The number of hydrogen-bond donors (Lipinski definition) is 1. The maximum absolute atomic E-state index is 10.5. The molecule has 0 spiro atoms. The van der Waals surface area contributed by atoms with Gasteiger partial charge in [-0.1, -0.05) is 17.7 Å². The van der Waals surface area contributed by atoms with E-state index in [4.69, 9.17) is 16.7 Å². The molecule has 0 aromatic heterocycles. The van der Waals surface area contributed by atoms with E-state index in [1.807, 2.05) is 0 Å². The third-order valence-electron chi connectivity index (χ3n) is 1.90. The van der Waals surface area contributed by atoms with Gasteiger partial charge in [0.05, 0.1) is 5.41 Å². The van der Waals surface area contributed by atoms with Gasteiger partial charge in [-0.3, -0.25) is 4.79 Å². The Balaban J connectivity index is 2.45. The molecule has 1 fully saturated rings. The van der Waals surface area contributed by atoms with E-state index in [0.717, 1.165) is 12.8 Å². The minimum Gasteiger partial charge on any atom is -0.481 e. The van der Waals surface area contributed by atoms with E-state index >= 15 is 0 Å². The molecule has 10 heavy (non-hydrogen) atoms. The van der Waals surface area contributed by atoms with Gasteiger partial charge in [0, 0.05) is 5.54 Å². The smallest absolute Gasteiger partial charge is 0.309 e. The first-order valence-corrected chi connectivity index (χ1v) is 3.63. The van der Waals surface area contributed by atoms with Crippen LogP contribution in [0.25, 0.3) is 0 Å². The predicted molar refractivity (Wildman–Crippen MR) is 38.9 cm³/mol. The van der Waals surface area contributed by atoms with Gasteiger partial charge < -0.3 is 5.11 Å². The van der Waals surface area contributed by atoms with Gasteiger partial charge in [-0.05, 0) is 19.3 Å². The molecule has 0 unspecified atom stereocenters. The number of hydrogen-bond acceptors (Lipinski definition) is 1. The molecule has 0 saturated heterocycles. The lowest BCUT2D eigenvalue weighted by atomic mass is 10.0. The van der Waals surface area contributed by atoms with E-state index in [-0.39, 0.29) is 0 Å². The minimum atomic E-state index is -0.692.